The summed E-state index contributed by atoms with van der Waals surface area (Å²) < 4.78 is 19.0. The van der Waals surface area contributed by atoms with Crippen LogP contribution in [0.2, 0.25) is 0 Å². The van der Waals surface area contributed by atoms with Crippen LogP contribution in [0.3, 0.4) is 0 Å². The number of thiophene rings is 1. The van der Waals surface area contributed by atoms with Gasteiger partial charge < -0.3 is 20.1 Å². The van der Waals surface area contributed by atoms with Gasteiger partial charge in [0.2, 0.25) is 0 Å². The van der Waals surface area contributed by atoms with E-state index in [1.54, 1.807) is 30.4 Å². The van der Waals surface area contributed by atoms with Gasteiger partial charge in [0.25, 0.3) is 0 Å². The molecule has 6 heteroatoms. The fourth-order valence-corrected chi connectivity index (χ4v) is 4.85. The van der Waals surface area contributed by atoms with Crippen LogP contribution in [0, 0.1) is 12.7 Å². The van der Waals surface area contributed by atoms with Crippen molar-refractivity contribution in [3.8, 4) is 10.4 Å². The van der Waals surface area contributed by atoms with E-state index in [0.29, 0.717) is 0 Å². The average molecular weight is 429 g/mol. The van der Waals surface area contributed by atoms with Crippen molar-refractivity contribution >= 4 is 11.3 Å². The maximum absolute atomic E-state index is 13.2. The molecule has 1 saturated heterocycles. The van der Waals surface area contributed by atoms with Crippen molar-refractivity contribution in [2.45, 2.75) is 50.8 Å². The number of benzene rings is 2. The molecular weight excluding hydrogens is 403 g/mol. The Bertz CT molecular complexity index is 1020. The summed E-state index contributed by atoms with van der Waals surface area (Å²) >= 11 is 1.66. The number of rotatable bonds is 4. The van der Waals surface area contributed by atoms with Crippen LogP contribution in [0.1, 0.15) is 34.6 Å². The second-order valence-corrected chi connectivity index (χ2v) is 9.04. The molecular formula is C24H25FO4S. The molecule has 1 aliphatic rings. The van der Waals surface area contributed by atoms with E-state index < -0.39 is 30.5 Å². The minimum atomic E-state index is -1.25. The van der Waals surface area contributed by atoms with Crippen LogP contribution < -0.4 is 0 Å². The molecule has 30 heavy (non-hydrogen) atoms. The first-order valence-corrected chi connectivity index (χ1v) is 10.8. The standard InChI is InChI=1S/C24H25FO4S/c1-13-3-4-16(24-23(28)22(27)21(26)14(2)29-24)11-17(13)12-19-9-10-20(30-19)15-5-7-18(25)8-6-15/h3-11,14,21-24,26-28H,12H2,1-2H3/t14?,21-,22?,23?,24?/m0/s1. The predicted molar refractivity (Wildman–Crippen MR) is 115 cm³/mol. The van der Waals surface area contributed by atoms with E-state index in [-0.39, 0.29) is 5.82 Å². The summed E-state index contributed by atoms with van der Waals surface area (Å²) in [5, 5.41) is 30.5. The molecule has 2 heterocycles. The Labute approximate surface area is 179 Å². The van der Waals surface area contributed by atoms with E-state index in [1.807, 2.05) is 31.2 Å². The number of aliphatic hydroxyl groups is 3. The average Bonchev–Trinajstić information content (AvgIpc) is 3.20. The number of hydrogen-bond donors (Lipinski definition) is 3. The maximum Gasteiger partial charge on any atom is 0.123 e. The molecule has 0 aliphatic carbocycles. The molecule has 1 aliphatic heterocycles. The van der Waals surface area contributed by atoms with E-state index in [1.165, 1.54) is 17.0 Å². The van der Waals surface area contributed by atoms with E-state index >= 15 is 0 Å². The third-order valence-corrected chi connectivity index (χ3v) is 6.84. The van der Waals surface area contributed by atoms with Gasteiger partial charge in [0.15, 0.2) is 0 Å². The van der Waals surface area contributed by atoms with E-state index in [4.69, 9.17) is 4.74 Å². The van der Waals surface area contributed by atoms with Crippen molar-refractivity contribution < 1.29 is 24.4 Å². The Morgan fingerprint density at radius 2 is 1.67 bits per heavy atom. The third-order valence-electron chi connectivity index (χ3n) is 5.71. The van der Waals surface area contributed by atoms with Crippen molar-refractivity contribution in [3.05, 3.63) is 82.0 Å². The minimum absolute atomic E-state index is 0.248. The molecule has 1 fully saturated rings. The van der Waals surface area contributed by atoms with Gasteiger partial charge in [-0.05, 0) is 60.4 Å². The van der Waals surface area contributed by atoms with E-state index in [0.717, 1.165) is 33.6 Å². The fraction of sp³-hybridized carbons (Fsp3) is 0.333. The lowest BCUT2D eigenvalue weighted by atomic mass is 9.90. The first kappa shape index (κ1) is 21.2. The summed E-state index contributed by atoms with van der Waals surface area (Å²) in [5.74, 6) is -0.248. The zero-order chi connectivity index (χ0) is 21.4. The molecule has 4 nitrogen and oxygen atoms in total. The van der Waals surface area contributed by atoms with Crippen LogP contribution >= 0.6 is 11.3 Å². The Morgan fingerprint density at radius 3 is 2.40 bits per heavy atom. The molecule has 0 spiro atoms. The van der Waals surface area contributed by atoms with Gasteiger partial charge in [-0.2, -0.15) is 0 Å². The number of ether oxygens (including phenoxy) is 1. The maximum atomic E-state index is 13.2. The van der Waals surface area contributed by atoms with Crippen LogP contribution in [0.5, 0.6) is 0 Å². The lowest BCUT2D eigenvalue weighted by Crippen LogP contribution is -2.53. The Morgan fingerprint density at radius 1 is 0.933 bits per heavy atom. The summed E-state index contributed by atoms with van der Waals surface area (Å²) in [6, 6.07) is 16.5. The number of aliphatic hydroxyl groups excluding tert-OH is 3. The van der Waals surface area contributed by atoms with E-state index in [9.17, 15) is 19.7 Å². The Kier molecular flexibility index (Phi) is 6.04. The molecule has 5 atom stereocenters. The number of aryl methyl sites for hydroxylation is 1. The van der Waals surface area contributed by atoms with Gasteiger partial charge >= 0.3 is 0 Å². The van der Waals surface area contributed by atoms with Crippen LogP contribution in [0.4, 0.5) is 4.39 Å². The van der Waals surface area contributed by atoms with Gasteiger partial charge in [-0.15, -0.1) is 11.3 Å². The van der Waals surface area contributed by atoms with Crippen molar-refractivity contribution in [3.63, 3.8) is 0 Å². The zero-order valence-corrected chi connectivity index (χ0v) is 17.6. The zero-order valence-electron chi connectivity index (χ0n) is 16.8. The monoisotopic (exact) mass is 428 g/mol. The molecule has 2 aromatic carbocycles. The minimum Gasteiger partial charge on any atom is -0.388 e. The quantitative estimate of drug-likeness (QED) is 0.588. The molecule has 3 aromatic rings. The van der Waals surface area contributed by atoms with Gasteiger partial charge in [0, 0.05) is 16.2 Å². The molecule has 0 radical (unpaired) electrons. The summed E-state index contributed by atoms with van der Waals surface area (Å²) in [7, 11) is 0. The molecule has 0 bridgehead atoms. The van der Waals surface area contributed by atoms with Crippen molar-refractivity contribution in [1.29, 1.82) is 0 Å². The van der Waals surface area contributed by atoms with Gasteiger partial charge in [-0.1, -0.05) is 30.3 Å². The first-order chi connectivity index (χ1) is 14.3. The summed E-state index contributed by atoms with van der Waals surface area (Å²) in [5.41, 5.74) is 3.98. The first-order valence-electron chi connectivity index (χ1n) is 9.97. The normalized spacial score (nSPS) is 26.7. The SMILES string of the molecule is Cc1ccc(C2OC(C)[C@H](O)C(O)C2O)cc1Cc1ccc(-c2ccc(F)cc2)s1. The smallest absolute Gasteiger partial charge is 0.123 e. The number of halogens is 1. The second-order valence-electron chi connectivity index (χ2n) is 7.87. The highest BCUT2D eigenvalue weighted by molar-refractivity contribution is 7.15. The van der Waals surface area contributed by atoms with E-state index in [2.05, 4.69) is 6.07 Å². The molecule has 0 saturated carbocycles. The van der Waals surface area contributed by atoms with Crippen molar-refractivity contribution in [2.75, 3.05) is 0 Å². The molecule has 0 amide bonds. The fourth-order valence-electron chi connectivity index (χ4n) is 3.82. The molecule has 158 valence electrons. The highest BCUT2D eigenvalue weighted by Gasteiger charge is 2.42. The van der Waals surface area contributed by atoms with Crippen LogP contribution in [0.25, 0.3) is 10.4 Å². The highest BCUT2D eigenvalue weighted by atomic mass is 32.1. The summed E-state index contributed by atoms with van der Waals surface area (Å²) in [6.45, 7) is 3.72. The lowest BCUT2D eigenvalue weighted by molar-refractivity contribution is -0.219. The largest absolute Gasteiger partial charge is 0.388 e. The van der Waals surface area contributed by atoms with Gasteiger partial charge in [-0.25, -0.2) is 4.39 Å². The number of hydrogen-bond acceptors (Lipinski definition) is 5. The molecule has 1 aromatic heterocycles. The molecule has 4 rings (SSSR count). The highest BCUT2D eigenvalue weighted by Crippen LogP contribution is 2.34. The molecule has 4 unspecified atom stereocenters. The van der Waals surface area contributed by atoms with Gasteiger partial charge in [0.1, 0.15) is 30.2 Å². The third kappa shape index (κ3) is 4.19. The van der Waals surface area contributed by atoms with Gasteiger partial charge in [0.05, 0.1) is 6.10 Å². The predicted octanol–water partition coefficient (Wildman–Crippen LogP) is 4.00. The molecule has 3 N–H and O–H groups in total. The Balaban J connectivity index is 1.56. The van der Waals surface area contributed by atoms with Crippen LogP contribution in [-0.4, -0.2) is 39.7 Å². The topological polar surface area (TPSA) is 69.9 Å². The van der Waals surface area contributed by atoms with Crippen LogP contribution in [0.15, 0.2) is 54.6 Å². The van der Waals surface area contributed by atoms with Crippen molar-refractivity contribution in [2.24, 2.45) is 0 Å². The summed E-state index contributed by atoms with van der Waals surface area (Å²) in [4.78, 5) is 2.25. The Hall–Kier alpha value is -2.09. The van der Waals surface area contributed by atoms with Crippen molar-refractivity contribution in [1.82, 2.24) is 0 Å². The second kappa shape index (κ2) is 8.57. The summed E-state index contributed by atoms with van der Waals surface area (Å²) in [6.07, 6.45) is -4.12. The lowest BCUT2D eigenvalue weighted by Gasteiger charge is -2.39. The van der Waals surface area contributed by atoms with Crippen LogP contribution in [-0.2, 0) is 11.2 Å². The van der Waals surface area contributed by atoms with Gasteiger partial charge in [-0.3, -0.25) is 0 Å².